The maximum Gasteiger partial charge on any atom is 0.237 e. The lowest BCUT2D eigenvalue weighted by Crippen LogP contribution is -2.51. The third kappa shape index (κ3) is 2.74. The van der Waals surface area contributed by atoms with Crippen LogP contribution in [-0.4, -0.2) is 36.6 Å². The van der Waals surface area contributed by atoms with E-state index in [1.807, 2.05) is 17.0 Å². The molecule has 16 heavy (non-hydrogen) atoms. The number of hydrogen-bond donors (Lipinski definition) is 1. The van der Waals surface area contributed by atoms with E-state index >= 15 is 0 Å². The second-order valence-corrected chi connectivity index (χ2v) is 5.47. The number of amides is 1. The van der Waals surface area contributed by atoms with Crippen molar-refractivity contribution in [2.45, 2.75) is 12.6 Å². The highest BCUT2D eigenvalue weighted by molar-refractivity contribution is 7.16. The Kier molecular flexibility index (Phi) is 3.81. The number of primary amides is 1. The number of carbonyl (C=O) groups is 1. The predicted octanol–water partition coefficient (Wildman–Crippen LogP) is 1.09. The van der Waals surface area contributed by atoms with Crippen molar-refractivity contribution in [2.75, 3.05) is 19.8 Å². The number of halogens is 1. The van der Waals surface area contributed by atoms with Crippen LogP contribution in [0.5, 0.6) is 0 Å². The molecule has 0 bridgehead atoms. The molecule has 1 atom stereocenters. The molecule has 1 amide bonds. The summed E-state index contributed by atoms with van der Waals surface area (Å²) < 4.78 is 6.01. The van der Waals surface area contributed by atoms with Gasteiger partial charge in [0.25, 0.3) is 0 Å². The molecule has 1 unspecified atom stereocenters. The van der Waals surface area contributed by atoms with Crippen LogP contribution in [0.4, 0.5) is 0 Å². The molecule has 1 aromatic rings. The number of hydrogen-bond acceptors (Lipinski definition) is 4. The van der Waals surface area contributed by atoms with Crippen LogP contribution in [0.3, 0.4) is 0 Å². The summed E-state index contributed by atoms with van der Waals surface area (Å²) in [7, 11) is 0. The number of morpholine rings is 1. The quantitative estimate of drug-likeness (QED) is 0.885. The highest BCUT2D eigenvalue weighted by Gasteiger charge is 2.27. The van der Waals surface area contributed by atoms with Crippen molar-refractivity contribution in [1.82, 2.24) is 4.90 Å². The summed E-state index contributed by atoms with van der Waals surface area (Å²) in [5.74, 6) is -0.331. The van der Waals surface area contributed by atoms with Gasteiger partial charge in [0.05, 0.1) is 17.6 Å². The van der Waals surface area contributed by atoms with Crippen molar-refractivity contribution >= 4 is 28.8 Å². The van der Waals surface area contributed by atoms with Crippen LogP contribution in [-0.2, 0) is 16.1 Å². The van der Waals surface area contributed by atoms with Gasteiger partial charge in [0, 0.05) is 18.0 Å². The van der Waals surface area contributed by atoms with E-state index in [0.717, 1.165) is 15.8 Å². The zero-order valence-electron chi connectivity index (χ0n) is 8.69. The molecule has 2 heterocycles. The molecular formula is C10H13ClN2O2S. The minimum Gasteiger partial charge on any atom is -0.378 e. The number of ether oxygens (including phenoxy) is 1. The monoisotopic (exact) mass is 260 g/mol. The van der Waals surface area contributed by atoms with Gasteiger partial charge in [-0.1, -0.05) is 11.6 Å². The Morgan fingerprint density at radius 1 is 1.69 bits per heavy atom. The minimum atomic E-state index is -0.331. The fourth-order valence-electron chi connectivity index (χ4n) is 1.73. The average molecular weight is 261 g/mol. The molecule has 1 fully saturated rings. The van der Waals surface area contributed by atoms with Gasteiger partial charge in [-0.2, -0.15) is 0 Å². The Labute approximate surface area is 103 Å². The first-order valence-electron chi connectivity index (χ1n) is 5.02. The van der Waals surface area contributed by atoms with Gasteiger partial charge < -0.3 is 10.5 Å². The lowest BCUT2D eigenvalue weighted by atomic mass is 10.2. The van der Waals surface area contributed by atoms with Gasteiger partial charge in [0.1, 0.15) is 6.04 Å². The lowest BCUT2D eigenvalue weighted by Gasteiger charge is -2.32. The van der Waals surface area contributed by atoms with Crippen LogP contribution >= 0.6 is 22.9 Å². The van der Waals surface area contributed by atoms with Crippen LogP contribution in [0, 0.1) is 0 Å². The van der Waals surface area contributed by atoms with E-state index in [4.69, 9.17) is 22.1 Å². The smallest absolute Gasteiger partial charge is 0.237 e. The van der Waals surface area contributed by atoms with E-state index in [1.165, 1.54) is 11.3 Å². The Morgan fingerprint density at radius 2 is 2.50 bits per heavy atom. The van der Waals surface area contributed by atoms with E-state index in [0.29, 0.717) is 19.8 Å². The molecule has 1 aliphatic rings. The predicted molar refractivity (Wildman–Crippen MR) is 63.5 cm³/mol. The lowest BCUT2D eigenvalue weighted by molar-refractivity contribution is -0.129. The highest BCUT2D eigenvalue weighted by Crippen LogP contribution is 2.23. The molecule has 88 valence electrons. The van der Waals surface area contributed by atoms with E-state index in [2.05, 4.69) is 0 Å². The summed E-state index contributed by atoms with van der Waals surface area (Å²) in [4.78, 5) is 14.4. The molecule has 0 saturated carbocycles. The first-order chi connectivity index (χ1) is 7.66. The third-order valence-corrected chi connectivity index (χ3v) is 3.77. The summed E-state index contributed by atoms with van der Waals surface area (Å²) in [6.45, 7) is 2.45. The molecule has 0 radical (unpaired) electrons. The van der Waals surface area contributed by atoms with Crippen molar-refractivity contribution < 1.29 is 9.53 Å². The fourth-order valence-corrected chi connectivity index (χ4v) is 2.84. The number of nitrogens with zero attached hydrogens (tertiary/aromatic N) is 1. The molecular weight excluding hydrogens is 248 g/mol. The summed E-state index contributed by atoms with van der Waals surface area (Å²) in [5, 5.41) is 0. The van der Waals surface area contributed by atoms with Crippen LogP contribution in [0.15, 0.2) is 12.1 Å². The molecule has 1 aromatic heterocycles. The first-order valence-corrected chi connectivity index (χ1v) is 6.21. The molecule has 0 spiro atoms. The SMILES string of the molecule is NC(=O)C1COCCN1Cc1ccc(Cl)s1. The van der Waals surface area contributed by atoms with Crippen LogP contribution < -0.4 is 5.73 Å². The van der Waals surface area contributed by atoms with Crippen LogP contribution in [0.25, 0.3) is 0 Å². The van der Waals surface area contributed by atoms with Crippen LogP contribution in [0.2, 0.25) is 4.34 Å². The Hall–Kier alpha value is -0.620. The fraction of sp³-hybridized carbons (Fsp3) is 0.500. The van der Waals surface area contributed by atoms with Crippen molar-refractivity contribution in [2.24, 2.45) is 5.73 Å². The molecule has 0 aliphatic carbocycles. The zero-order chi connectivity index (χ0) is 11.5. The summed E-state index contributed by atoms with van der Waals surface area (Å²) >= 11 is 7.39. The van der Waals surface area contributed by atoms with Gasteiger partial charge >= 0.3 is 0 Å². The van der Waals surface area contributed by atoms with Crippen molar-refractivity contribution in [3.8, 4) is 0 Å². The Balaban J connectivity index is 2.03. The van der Waals surface area contributed by atoms with Crippen LogP contribution in [0.1, 0.15) is 4.88 Å². The highest BCUT2D eigenvalue weighted by atomic mass is 35.5. The van der Waals surface area contributed by atoms with E-state index < -0.39 is 0 Å². The maximum absolute atomic E-state index is 11.2. The summed E-state index contributed by atoms with van der Waals surface area (Å²) in [5.41, 5.74) is 5.33. The van der Waals surface area contributed by atoms with Crippen molar-refractivity contribution in [1.29, 1.82) is 0 Å². The molecule has 1 saturated heterocycles. The molecule has 2 N–H and O–H groups in total. The van der Waals surface area contributed by atoms with Crippen molar-refractivity contribution in [3.63, 3.8) is 0 Å². The Morgan fingerprint density at radius 3 is 3.12 bits per heavy atom. The normalized spacial score (nSPS) is 22.2. The van der Waals surface area contributed by atoms with Gasteiger partial charge in [-0.25, -0.2) is 0 Å². The standard InChI is InChI=1S/C10H13ClN2O2S/c11-9-2-1-7(16-9)5-13-3-4-15-6-8(13)10(12)14/h1-2,8H,3-6H2,(H2,12,14). The van der Waals surface area contributed by atoms with Gasteiger partial charge in [-0.3, -0.25) is 9.69 Å². The molecule has 2 rings (SSSR count). The zero-order valence-corrected chi connectivity index (χ0v) is 10.3. The van der Waals surface area contributed by atoms with E-state index in [1.54, 1.807) is 0 Å². The number of carbonyl (C=O) groups excluding carboxylic acids is 1. The Bertz CT molecular complexity index is 383. The number of rotatable bonds is 3. The average Bonchev–Trinajstić information content (AvgIpc) is 2.64. The van der Waals surface area contributed by atoms with Crippen molar-refractivity contribution in [3.05, 3.63) is 21.3 Å². The van der Waals surface area contributed by atoms with Gasteiger partial charge in [0.15, 0.2) is 0 Å². The molecule has 6 heteroatoms. The van der Waals surface area contributed by atoms with Gasteiger partial charge in [-0.15, -0.1) is 11.3 Å². The summed E-state index contributed by atoms with van der Waals surface area (Å²) in [6.07, 6.45) is 0. The molecule has 1 aliphatic heterocycles. The van der Waals surface area contributed by atoms with E-state index in [-0.39, 0.29) is 11.9 Å². The molecule has 0 aromatic carbocycles. The second kappa shape index (κ2) is 5.14. The largest absolute Gasteiger partial charge is 0.378 e. The number of nitrogens with two attached hydrogens (primary N) is 1. The van der Waals surface area contributed by atoms with E-state index in [9.17, 15) is 4.79 Å². The third-order valence-electron chi connectivity index (χ3n) is 2.56. The van der Waals surface area contributed by atoms with Gasteiger partial charge in [-0.05, 0) is 12.1 Å². The second-order valence-electron chi connectivity index (χ2n) is 3.67. The molecule has 4 nitrogen and oxygen atoms in total. The topological polar surface area (TPSA) is 55.6 Å². The summed E-state index contributed by atoms with van der Waals surface area (Å²) in [6, 6.07) is 3.51. The maximum atomic E-state index is 11.2. The first kappa shape index (κ1) is 11.9. The minimum absolute atomic E-state index is 0.324. The van der Waals surface area contributed by atoms with Gasteiger partial charge in [0.2, 0.25) is 5.91 Å². The number of thiophene rings is 1.